The monoisotopic (exact) mass is 258 g/mol. The second-order valence-corrected chi connectivity index (χ2v) is 3.75. The first-order valence-electron chi connectivity index (χ1n) is 4.45. The number of methoxy groups -OCH3 is 1. The number of fused-ring (bicyclic) bond motifs is 1. The predicted octanol–water partition coefficient (Wildman–Crippen LogP) is 2.62. The number of hydrogen-bond acceptors (Lipinski definition) is 3. The molecule has 0 fully saturated rings. The van der Waals surface area contributed by atoms with E-state index < -0.39 is 0 Å². The van der Waals surface area contributed by atoms with Crippen LogP contribution in [0.5, 0.6) is 17.2 Å². The third-order valence-electron chi connectivity index (χ3n) is 2.04. The largest absolute Gasteiger partial charge is 0.495 e. The molecule has 14 heavy (non-hydrogen) atoms. The molecule has 0 aromatic heterocycles. The molecule has 3 nitrogen and oxygen atoms in total. The zero-order valence-corrected chi connectivity index (χ0v) is 9.46. The number of rotatable bonds is 1. The summed E-state index contributed by atoms with van der Waals surface area (Å²) in [6, 6.07) is 3.72. The van der Waals surface area contributed by atoms with E-state index in [-0.39, 0.29) is 0 Å². The molecular weight excluding hydrogens is 248 g/mol. The third-order valence-corrected chi connectivity index (χ3v) is 2.79. The van der Waals surface area contributed by atoms with Crippen molar-refractivity contribution in [3.05, 3.63) is 16.6 Å². The molecule has 0 saturated heterocycles. The van der Waals surface area contributed by atoms with Gasteiger partial charge in [-0.25, -0.2) is 0 Å². The second kappa shape index (κ2) is 4.09. The van der Waals surface area contributed by atoms with Crippen molar-refractivity contribution in [3.63, 3.8) is 0 Å². The Morgan fingerprint density at radius 3 is 2.86 bits per heavy atom. The molecule has 2 rings (SSSR count). The number of halogens is 1. The Morgan fingerprint density at radius 1 is 1.29 bits per heavy atom. The van der Waals surface area contributed by atoms with Crippen molar-refractivity contribution >= 4 is 15.9 Å². The first-order valence-corrected chi connectivity index (χ1v) is 5.24. The van der Waals surface area contributed by atoms with Crippen molar-refractivity contribution in [3.8, 4) is 17.2 Å². The molecule has 0 unspecified atom stereocenters. The summed E-state index contributed by atoms with van der Waals surface area (Å²) in [7, 11) is 1.63. The second-order valence-electron chi connectivity index (χ2n) is 2.96. The Morgan fingerprint density at radius 2 is 2.07 bits per heavy atom. The standard InChI is InChI=1S/C10H11BrO3/c1-12-7-3-4-8-10(9(7)11)14-6-2-5-13-8/h3-4H,2,5-6H2,1H3. The summed E-state index contributed by atoms with van der Waals surface area (Å²) in [6.45, 7) is 1.38. The molecule has 0 saturated carbocycles. The zero-order valence-electron chi connectivity index (χ0n) is 7.88. The SMILES string of the molecule is COc1ccc2c(c1Br)OCCCO2. The van der Waals surface area contributed by atoms with Gasteiger partial charge >= 0.3 is 0 Å². The molecule has 0 atom stereocenters. The van der Waals surface area contributed by atoms with Crippen LogP contribution in [0.25, 0.3) is 0 Å². The zero-order chi connectivity index (χ0) is 9.97. The summed E-state index contributed by atoms with van der Waals surface area (Å²) in [4.78, 5) is 0. The van der Waals surface area contributed by atoms with Gasteiger partial charge in [0.1, 0.15) is 10.2 Å². The number of benzene rings is 1. The molecule has 1 aliphatic rings. The van der Waals surface area contributed by atoms with Crippen LogP contribution in [0.15, 0.2) is 16.6 Å². The molecule has 0 amide bonds. The Bertz CT molecular complexity index is 338. The smallest absolute Gasteiger partial charge is 0.179 e. The number of ether oxygens (including phenoxy) is 3. The molecule has 0 spiro atoms. The van der Waals surface area contributed by atoms with E-state index in [1.54, 1.807) is 7.11 Å². The van der Waals surface area contributed by atoms with Gasteiger partial charge in [-0.2, -0.15) is 0 Å². The first kappa shape index (κ1) is 9.65. The van der Waals surface area contributed by atoms with Crippen LogP contribution in [-0.4, -0.2) is 20.3 Å². The van der Waals surface area contributed by atoms with E-state index in [2.05, 4.69) is 15.9 Å². The molecule has 1 aromatic rings. The molecule has 0 aliphatic carbocycles. The van der Waals surface area contributed by atoms with Crippen LogP contribution in [-0.2, 0) is 0 Å². The maximum Gasteiger partial charge on any atom is 0.179 e. The maximum absolute atomic E-state index is 5.57. The molecule has 1 aliphatic heterocycles. The van der Waals surface area contributed by atoms with Crippen molar-refractivity contribution in [2.24, 2.45) is 0 Å². The molecule has 76 valence electrons. The van der Waals surface area contributed by atoms with Gasteiger partial charge in [0.25, 0.3) is 0 Å². The Labute approximate surface area is 91.1 Å². The van der Waals surface area contributed by atoms with Gasteiger partial charge < -0.3 is 14.2 Å². The molecule has 1 aromatic carbocycles. The van der Waals surface area contributed by atoms with E-state index in [9.17, 15) is 0 Å². The summed E-state index contributed by atoms with van der Waals surface area (Å²) < 4.78 is 17.1. The fraction of sp³-hybridized carbons (Fsp3) is 0.400. The van der Waals surface area contributed by atoms with Gasteiger partial charge in [0, 0.05) is 6.42 Å². The van der Waals surface area contributed by atoms with E-state index in [0.717, 1.165) is 28.1 Å². The highest BCUT2D eigenvalue weighted by Gasteiger charge is 2.16. The van der Waals surface area contributed by atoms with Crippen LogP contribution in [0.1, 0.15) is 6.42 Å². The summed E-state index contributed by atoms with van der Waals surface area (Å²) in [6.07, 6.45) is 0.906. The average molecular weight is 259 g/mol. The van der Waals surface area contributed by atoms with Crippen LogP contribution in [0, 0.1) is 0 Å². The van der Waals surface area contributed by atoms with Crippen LogP contribution in [0.3, 0.4) is 0 Å². The van der Waals surface area contributed by atoms with E-state index in [1.165, 1.54) is 0 Å². The fourth-order valence-corrected chi connectivity index (χ4v) is 1.95. The molecule has 1 heterocycles. The summed E-state index contributed by atoms with van der Waals surface area (Å²) in [5, 5.41) is 0. The van der Waals surface area contributed by atoms with Gasteiger partial charge in [0.2, 0.25) is 0 Å². The lowest BCUT2D eigenvalue weighted by Gasteiger charge is -2.11. The van der Waals surface area contributed by atoms with Crippen LogP contribution < -0.4 is 14.2 Å². The minimum absolute atomic E-state index is 0.679. The summed E-state index contributed by atoms with van der Waals surface area (Å²) in [5.74, 6) is 2.27. The number of hydrogen-bond donors (Lipinski definition) is 0. The summed E-state index contributed by atoms with van der Waals surface area (Å²) >= 11 is 3.43. The topological polar surface area (TPSA) is 27.7 Å². The Kier molecular flexibility index (Phi) is 2.82. The lowest BCUT2D eigenvalue weighted by atomic mass is 10.3. The van der Waals surface area contributed by atoms with Gasteiger partial charge in [-0.05, 0) is 28.1 Å². The fourth-order valence-electron chi connectivity index (χ4n) is 1.34. The van der Waals surface area contributed by atoms with E-state index in [4.69, 9.17) is 14.2 Å². The molecule has 0 N–H and O–H groups in total. The van der Waals surface area contributed by atoms with Crippen LogP contribution in [0.4, 0.5) is 0 Å². The minimum Gasteiger partial charge on any atom is -0.495 e. The van der Waals surface area contributed by atoms with Crippen LogP contribution in [0.2, 0.25) is 0 Å². The maximum atomic E-state index is 5.57. The van der Waals surface area contributed by atoms with Crippen molar-refractivity contribution in [2.75, 3.05) is 20.3 Å². The highest BCUT2D eigenvalue weighted by atomic mass is 79.9. The average Bonchev–Trinajstić information content (AvgIpc) is 2.44. The molecule has 4 heteroatoms. The first-order chi connectivity index (χ1) is 6.83. The van der Waals surface area contributed by atoms with Gasteiger partial charge in [-0.3, -0.25) is 0 Å². The Balaban J connectivity index is 2.44. The molecule has 0 bridgehead atoms. The van der Waals surface area contributed by atoms with E-state index >= 15 is 0 Å². The van der Waals surface area contributed by atoms with E-state index in [1.807, 2.05) is 12.1 Å². The minimum atomic E-state index is 0.679. The van der Waals surface area contributed by atoms with Gasteiger partial charge in [0.15, 0.2) is 11.5 Å². The van der Waals surface area contributed by atoms with Gasteiger partial charge in [0.05, 0.1) is 20.3 Å². The van der Waals surface area contributed by atoms with Crippen LogP contribution >= 0.6 is 15.9 Å². The third kappa shape index (κ3) is 1.66. The highest BCUT2D eigenvalue weighted by Crippen LogP contribution is 2.42. The van der Waals surface area contributed by atoms with Crippen molar-refractivity contribution in [2.45, 2.75) is 6.42 Å². The van der Waals surface area contributed by atoms with Gasteiger partial charge in [-0.15, -0.1) is 0 Å². The van der Waals surface area contributed by atoms with Crippen molar-refractivity contribution in [1.29, 1.82) is 0 Å². The van der Waals surface area contributed by atoms with Crippen molar-refractivity contribution < 1.29 is 14.2 Å². The normalized spacial score (nSPS) is 14.7. The highest BCUT2D eigenvalue weighted by molar-refractivity contribution is 9.10. The quantitative estimate of drug-likeness (QED) is 0.775. The molecule has 0 radical (unpaired) electrons. The van der Waals surface area contributed by atoms with E-state index in [0.29, 0.717) is 13.2 Å². The summed E-state index contributed by atoms with van der Waals surface area (Å²) in [5.41, 5.74) is 0. The predicted molar refractivity (Wildman–Crippen MR) is 56.3 cm³/mol. The lowest BCUT2D eigenvalue weighted by Crippen LogP contribution is -1.97. The molecular formula is C10H11BrO3. The Hall–Kier alpha value is -0.900. The lowest BCUT2D eigenvalue weighted by molar-refractivity contribution is 0.296. The van der Waals surface area contributed by atoms with Crippen molar-refractivity contribution in [1.82, 2.24) is 0 Å². The van der Waals surface area contributed by atoms with Gasteiger partial charge in [-0.1, -0.05) is 0 Å².